The van der Waals surface area contributed by atoms with Gasteiger partial charge in [-0.1, -0.05) is 33.6 Å². The Bertz CT molecular complexity index is 542. The molecule has 2 N–H and O–H groups in total. The third-order valence-electron chi connectivity index (χ3n) is 4.76. The van der Waals surface area contributed by atoms with Gasteiger partial charge < -0.3 is 14.8 Å². The molecule has 2 atom stereocenters. The topological polar surface area (TPSA) is 93.7 Å². The van der Waals surface area contributed by atoms with Gasteiger partial charge in [-0.05, 0) is 51.9 Å². The highest BCUT2D eigenvalue weighted by Crippen LogP contribution is 2.31. The van der Waals surface area contributed by atoms with Crippen molar-refractivity contribution < 1.29 is 23.9 Å². The van der Waals surface area contributed by atoms with E-state index >= 15 is 0 Å². The molecule has 1 rings (SSSR count). The molecule has 162 valence electrons. The number of hydrogen-bond acceptors (Lipinski definition) is 6. The van der Waals surface area contributed by atoms with Crippen LogP contribution in [0, 0.1) is 11.3 Å². The largest absolute Gasteiger partial charge is 0.465 e. The molecule has 1 amide bonds. The van der Waals surface area contributed by atoms with E-state index in [9.17, 15) is 14.4 Å². The lowest BCUT2D eigenvalue weighted by atomic mass is 9.79. The maximum Gasteiger partial charge on any atom is 0.408 e. The van der Waals surface area contributed by atoms with Crippen molar-refractivity contribution in [3.63, 3.8) is 0 Å². The predicted octanol–water partition coefficient (Wildman–Crippen LogP) is 3.21. The first-order chi connectivity index (χ1) is 12.8. The Morgan fingerprint density at radius 1 is 1.04 bits per heavy atom. The summed E-state index contributed by atoms with van der Waals surface area (Å²) in [6.45, 7) is 13.1. The molecule has 7 heteroatoms. The van der Waals surface area contributed by atoms with Gasteiger partial charge >= 0.3 is 12.1 Å². The fourth-order valence-corrected chi connectivity index (χ4v) is 3.51. The summed E-state index contributed by atoms with van der Waals surface area (Å²) >= 11 is 0. The minimum Gasteiger partial charge on any atom is -0.465 e. The van der Waals surface area contributed by atoms with E-state index in [1.54, 1.807) is 27.7 Å². The number of ketones is 1. The second kappa shape index (κ2) is 10.2. The lowest BCUT2D eigenvalue weighted by Gasteiger charge is -2.35. The smallest absolute Gasteiger partial charge is 0.408 e. The molecule has 0 aromatic carbocycles. The highest BCUT2D eigenvalue weighted by atomic mass is 16.6. The summed E-state index contributed by atoms with van der Waals surface area (Å²) in [5.74, 6) is -0.354. The Morgan fingerprint density at radius 2 is 1.61 bits per heavy atom. The van der Waals surface area contributed by atoms with E-state index in [4.69, 9.17) is 9.47 Å². The number of alkyl carbamates (subject to hydrolysis) is 1. The van der Waals surface area contributed by atoms with Gasteiger partial charge in [0.1, 0.15) is 5.60 Å². The third-order valence-corrected chi connectivity index (χ3v) is 4.76. The van der Waals surface area contributed by atoms with Gasteiger partial charge in [-0.25, -0.2) is 4.79 Å². The number of Topliss-reactive ketones (excluding diaryl/α,β-unsaturated/α-hetero) is 1. The first-order valence-corrected chi connectivity index (χ1v) is 10.3. The van der Waals surface area contributed by atoms with Crippen molar-refractivity contribution in [2.75, 3.05) is 13.2 Å². The normalized spacial score (nSPS) is 17.7. The van der Waals surface area contributed by atoms with Crippen molar-refractivity contribution in [3.8, 4) is 0 Å². The number of nitrogens with one attached hydrogen (secondary N) is 2. The molecule has 0 aliphatic heterocycles. The van der Waals surface area contributed by atoms with Crippen molar-refractivity contribution in [3.05, 3.63) is 0 Å². The van der Waals surface area contributed by atoms with Crippen molar-refractivity contribution in [2.45, 2.75) is 91.8 Å². The molecule has 7 nitrogen and oxygen atoms in total. The van der Waals surface area contributed by atoms with Crippen LogP contribution in [0.2, 0.25) is 0 Å². The standard InChI is InChI=1S/C21H38N2O5/c1-8-27-15(24)13-22-16(14-11-9-10-12-14)17(25)18(20(2,3)4)23-19(26)28-21(5,6)7/h14,16,18,22H,8-13H2,1-7H3,(H,23,26)/t16?,18-/m1/s1. The molecule has 0 spiro atoms. The average Bonchev–Trinajstić information content (AvgIpc) is 3.04. The molecule has 0 heterocycles. The number of hydrogen-bond donors (Lipinski definition) is 2. The quantitative estimate of drug-likeness (QED) is 0.610. The van der Waals surface area contributed by atoms with Crippen molar-refractivity contribution in [1.29, 1.82) is 0 Å². The van der Waals surface area contributed by atoms with E-state index in [1.165, 1.54) is 0 Å². The van der Waals surface area contributed by atoms with Crippen molar-refractivity contribution in [2.24, 2.45) is 11.3 Å². The van der Waals surface area contributed by atoms with Crippen LogP contribution in [0.25, 0.3) is 0 Å². The van der Waals surface area contributed by atoms with E-state index in [0.29, 0.717) is 6.61 Å². The van der Waals surface area contributed by atoms with Crippen LogP contribution >= 0.6 is 0 Å². The highest BCUT2D eigenvalue weighted by molar-refractivity contribution is 5.93. The number of carbonyl (C=O) groups excluding carboxylic acids is 3. The Balaban J connectivity index is 2.97. The minimum atomic E-state index is -0.734. The summed E-state index contributed by atoms with van der Waals surface area (Å²) in [5.41, 5.74) is -1.15. The fraction of sp³-hybridized carbons (Fsp3) is 0.857. The Kier molecular flexibility index (Phi) is 8.92. The fourth-order valence-electron chi connectivity index (χ4n) is 3.51. The van der Waals surface area contributed by atoms with Crippen LogP contribution in [-0.2, 0) is 19.1 Å². The van der Waals surface area contributed by atoms with E-state index in [-0.39, 0.29) is 24.2 Å². The molecule has 0 saturated heterocycles. The van der Waals surface area contributed by atoms with Crippen molar-refractivity contribution >= 4 is 17.8 Å². The van der Waals surface area contributed by atoms with E-state index < -0.39 is 29.2 Å². The zero-order valence-corrected chi connectivity index (χ0v) is 18.5. The van der Waals surface area contributed by atoms with E-state index in [1.807, 2.05) is 20.8 Å². The molecule has 1 aliphatic rings. The zero-order valence-electron chi connectivity index (χ0n) is 18.5. The second-order valence-corrected chi connectivity index (χ2v) is 9.56. The van der Waals surface area contributed by atoms with Crippen LogP contribution < -0.4 is 10.6 Å². The van der Waals surface area contributed by atoms with Gasteiger partial charge in [-0.15, -0.1) is 0 Å². The molecule has 28 heavy (non-hydrogen) atoms. The molecule has 1 aliphatic carbocycles. The number of ether oxygens (including phenoxy) is 2. The lowest BCUT2D eigenvalue weighted by Crippen LogP contribution is -2.58. The molecule has 0 aromatic rings. The number of esters is 1. The average molecular weight is 399 g/mol. The molecule has 1 saturated carbocycles. The summed E-state index contributed by atoms with van der Waals surface area (Å²) in [5, 5.41) is 5.87. The van der Waals surface area contributed by atoms with Gasteiger partial charge in [0.25, 0.3) is 0 Å². The molecule has 0 aromatic heterocycles. The Morgan fingerprint density at radius 3 is 2.07 bits per heavy atom. The van der Waals surface area contributed by atoms with Crippen LogP contribution in [0.4, 0.5) is 4.79 Å². The van der Waals surface area contributed by atoms with Gasteiger partial charge in [0, 0.05) is 0 Å². The number of rotatable bonds is 8. The highest BCUT2D eigenvalue weighted by Gasteiger charge is 2.41. The molecular formula is C21H38N2O5. The predicted molar refractivity (Wildman–Crippen MR) is 108 cm³/mol. The van der Waals surface area contributed by atoms with E-state index in [0.717, 1.165) is 25.7 Å². The zero-order chi connectivity index (χ0) is 21.5. The SMILES string of the molecule is CCOC(=O)CNC(C(=O)[C@@H](NC(=O)OC(C)(C)C)C(C)(C)C)C1CCCC1. The van der Waals surface area contributed by atoms with Crippen LogP contribution in [0.3, 0.4) is 0 Å². The molecule has 0 bridgehead atoms. The van der Waals surface area contributed by atoms with E-state index in [2.05, 4.69) is 10.6 Å². The monoisotopic (exact) mass is 398 g/mol. The van der Waals surface area contributed by atoms with Gasteiger partial charge in [0.15, 0.2) is 5.78 Å². The first-order valence-electron chi connectivity index (χ1n) is 10.3. The number of amides is 1. The third kappa shape index (κ3) is 8.17. The Labute approximate surface area is 169 Å². The summed E-state index contributed by atoms with van der Waals surface area (Å²) in [6, 6.07) is -1.24. The van der Waals surface area contributed by atoms with Crippen LogP contribution in [0.5, 0.6) is 0 Å². The van der Waals surface area contributed by atoms with Gasteiger partial charge in [0.2, 0.25) is 0 Å². The minimum absolute atomic E-state index is 0.0238. The summed E-state index contributed by atoms with van der Waals surface area (Å²) < 4.78 is 10.3. The maximum atomic E-state index is 13.5. The summed E-state index contributed by atoms with van der Waals surface area (Å²) in [7, 11) is 0. The summed E-state index contributed by atoms with van der Waals surface area (Å²) in [4.78, 5) is 37.6. The first kappa shape index (κ1) is 24.4. The Hall–Kier alpha value is -1.63. The van der Waals surface area contributed by atoms with Crippen molar-refractivity contribution in [1.82, 2.24) is 10.6 Å². The van der Waals surface area contributed by atoms with Crippen LogP contribution in [0.1, 0.15) is 74.1 Å². The molecule has 1 unspecified atom stereocenters. The van der Waals surface area contributed by atoms with Gasteiger partial charge in [0.05, 0.1) is 25.2 Å². The van der Waals surface area contributed by atoms with Gasteiger partial charge in [-0.2, -0.15) is 0 Å². The molecule has 1 fully saturated rings. The molecule has 0 radical (unpaired) electrons. The second-order valence-electron chi connectivity index (χ2n) is 9.56. The van der Waals surface area contributed by atoms with Crippen LogP contribution in [-0.4, -0.2) is 48.7 Å². The number of carbonyl (C=O) groups is 3. The lowest BCUT2D eigenvalue weighted by molar-refractivity contribution is -0.142. The summed E-state index contributed by atoms with van der Waals surface area (Å²) in [6.07, 6.45) is 3.37. The van der Waals surface area contributed by atoms with Crippen LogP contribution in [0.15, 0.2) is 0 Å². The van der Waals surface area contributed by atoms with Gasteiger partial charge in [-0.3, -0.25) is 14.9 Å². The maximum absolute atomic E-state index is 13.5. The molecular weight excluding hydrogens is 360 g/mol.